The second-order valence-electron chi connectivity index (χ2n) is 5.25. The minimum absolute atomic E-state index is 0.219. The van der Waals surface area contributed by atoms with Crippen molar-refractivity contribution in [1.29, 1.82) is 0 Å². The SMILES string of the molecule is CN(C)C1(CNc2nc(Cl)ccc2N)CCCC1. The van der Waals surface area contributed by atoms with Crippen LogP contribution in [0.4, 0.5) is 11.5 Å². The first-order valence-electron chi connectivity index (χ1n) is 6.37. The molecule has 0 unspecified atom stereocenters. The maximum absolute atomic E-state index is 5.90. The van der Waals surface area contributed by atoms with Gasteiger partial charge in [0.25, 0.3) is 0 Å². The van der Waals surface area contributed by atoms with E-state index < -0.39 is 0 Å². The van der Waals surface area contributed by atoms with E-state index in [2.05, 4.69) is 29.3 Å². The molecule has 1 fully saturated rings. The summed E-state index contributed by atoms with van der Waals surface area (Å²) >= 11 is 5.89. The van der Waals surface area contributed by atoms with Gasteiger partial charge in [-0.1, -0.05) is 24.4 Å². The van der Waals surface area contributed by atoms with E-state index in [1.165, 1.54) is 25.7 Å². The lowest BCUT2D eigenvalue weighted by molar-refractivity contribution is 0.172. The standard InChI is InChI=1S/C13H21ClN4/c1-18(2)13(7-3-4-8-13)9-16-12-10(15)5-6-11(14)17-12/h5-6H,3-4,7-9,15H2,1-2H3,(H,16,17). The van der Waals surface area contributed by atoms with Gasteiger partial charge in [-0.3, -0.25) is 0 Å². The highest BCUT2D eigenvalue weighted by Gasteiger charge is 2.35. The molecule has 0 saturated heterocycles. The van der Waals surface area contributed by atoms with Gasteiger partial charge in [0.15, 0.2) is 5.82 Å². The van der Waals surface area contributed by atoms with E-state index in [1.54, 1.807) is 12.1 Å². The number of pyridine rings is 1. The third kappa shape index (κ3) is 2.70. The molecule has 1 saturated carbocycles. The van der Waals surface area contributed by atoms with Gasteiger partial charge >= 0.3 is 0 Å². The first-order valence-corrected chi connectivity index (χ1v) is 6.75. The summed E-state index contributed by atoms with van der Waals surface area (Å²) in [5, 5.41) is 3.83. The highest BCUT2D eigenvalue weighted by molar-refractivity contribution is 6.29. The van der Waals surface area contributed by atoms with Crippen LogP contribution in [0.1, 0.15) is 25.7 Å². The number of hydrogen-bond donors (Lipinski definition) is 2. The van der Waals surface area contributed by atoms with Crippen molar-refractivity contribution in [2.24, 2.45) is 0 Å². The van der Waals surface area contributed by atoms with Gasteiger partial charge in [-0.15, -0.1) is 0 Å². The third-order valence-corrected chi connectivity index (χ3v) is 4.17. The quantitative estimate of drug-likeness (QED) is 0.825. The number of aromatic nitrogens is 1. The Labute approximate surface area is 114 Å². The fraction of sp³-hybridized carbons (Fsp3) is 0.615. The van der Waals surface area contributed by atoms with Crippen molar-refractivity contribution in [3.63, 3.8) is 0 Å². The van der Waals surface area contributed by atoms with Crippen LogP contribution in [-0.4, -0.2) is 36.1 Å². The van der Waals surface area contributed by atoms with Crippen molar-refractivity contribution in [3.8, 4) is 0 Å². The molecule has 0 amide bonds. The molecule has 5 heteroatoms. The minimum atomic E-state index is 0.219. The number of nitrogens with two attached hydrogens (primary N) is 1. The summed E-state index contributed by atoms with van der Waals surface area (Å²) in [5.74, 6) is 0.690. The molecular weight excluding hydrogens is 248 g/mol. The van der Waals surface area contributed by atoms with Crippen LogP contribution in [0.25, 0.3) is 0 Å². The molecule has 4 nitrogen and oxygen atoms in total. The zero-order valence-corrected chi connectivity index (χ0v) is 11.8. The molecule has 0 atom stereocenters. The zero-order chi connectivity index (χ0) is 13.2. The number of nitrogens with one attached hydrogen (secondary N) is 1. The lowest BCUT2D eigenvalue weighted by atomic mass is 9.96. The van der Waals surface area contributed by atoms with Crippen molar-refractivity contribution in [2.45, 2.75) is 31.2 Å². The second-order valence-corrected chi connectivity index (χ2v) is 5.64. The zero-order valence-electron chi connectivity index (χ0n) is 11.0. The molecule has 18 heavy (non-hydrogen) atoms. The fourth-order valence-corrected chi connectivity index (χ4v) is 2.80. The summed E-state index contributed by atoms with van der Waals surface area (Å²) < 4.78 is 0. The van der Waals surface area contributed by atoms with E-state index in [-0.39, 0.29) is 5.54 Å². The summed E-state index contributed by atoms with van der Waals surface area (Å²) in [6.07, 6.45) is 5.01. The van der Waals surface area contributed by atoms with Crippen molar-refractivity contribution >= 4 is 23.1 Å². The normalized spacial score (nSPS) is 18.2. The van der Waals surface area contributed by atoms with Gasteiger partial charge in [0.1, 0.15) is 5.15 Å². The monoisotopic (exact) mass is 268 g/mol. The van der Waals surface area contributed by atoms with Gasteiger partial charge in [-0.2, -0.15) is 0 Å². The smallest absolute Gasteiger partial charge is 0.151 e. The number of hydrogen-bond acceptors (Lipinski definition) is 4. The van der Waals surface area contributed by atoms with Crippen molar-refractivity contribution in [2.75, 3.05) is 31.7 Å². The second kappa shape index (κ2) is 5.33. The van der Waals surface area contributed by atoms with E-state index >= 15 is 0 Å². The van der Waals surface area contributed by atoms with Crippen molar-refractivity contribution in [3.05, 3.63) is 17.3 Å². The van der Waals surface area contributed by atoms with Crippen molar-refractivity contribution in [1.82, 2.24) is 9.88 Å². The highest BCUT2D eigenvalue weighted by Crippen LogP contribution is 2.34. The fourth-order valence-electron chi connectivity index (χ4n) is 2.65. The summed E-state index contributed by atoms with van der Waals surface area (Å²) in [4.78, 5) is 6.55. The van der Waals surface area contributed by atoms with Gasteiger partial charge in [0.05, 0.1) is 5.69 Å². The van der Waals surface area contributed by atoms with Gasteiger partial charge in [0.2, 0.25) is 0 Å². The van der Waals surface area contributed by atoms with Crippen LogP contribution in [-0.2, 0) is 0 Å². The molecule has 0 bridgehead atoms. The van der Waals surface area contributed by atoms with Crippen LogP contribution in [0.2, 0.25) is 5.15 Å². The van der Waals surface area contributed by atoms with Gasteiger partial charge in [-0.25, -0.2) is 4.98 Å². The Hall–Kier alpha value is -1.00. The largest absolute Gasteiger partial charge is 0.396 e. The predicted octanol–water partition coefficient (Wildman–Crippen LogP) is 2.60. The molecule has 0 spiro atoms. The average molecular weight is 269 g/mol. The van der Waals surface area contributed by atoms with Crippen LogP contribution in [0.3, 0.4) is 0 Å². The Balaban J connectivity index is 2.08. The molecule has 1 aromatic heterocycles. The topological polar surface area (TPSA) is 54.2 Å². The molecule has 1 heterocycles. The molecule has 0 aromatic carbocycles. The molecular formula is C13H21ClN4. The van der Waals surface area contributed by atoms with E-state index in [9.17, 15) is 0 Å². The molecule has 1 aliphatic carbocycles. The van der Waals surface area contributed by atoms with Crippen LogP contribution in [0.5, 0.6) is 0 Å². The Morgan fingerprint density at radius 3 is 2.67 bits per heavy atom. The summed E-state index contributed by atoms with van der Waals surface area (Å²) in [6, 6.07) is 3.49. The van der Waals surface area contributed by atoms with Crippen LogP contribution < -0.4 is 11.1 Å². The third-order valence-electron chi connectivity index (χ3n) is 3.96. The number of nitrogen functional groups attached to an aromatic ring is 1. The molecule has 0 aliphatic heterocycles. The number of halogens is 1. The number of rotatable bonds is 4. The molecule has 1 aromatic rings. The van der Waals surface area contributed by atoms with Crippen LogP contribution >= 0.6 is 11.6 Å². The first kappa shape index (κ1) is 13.4. The van der Waals surface area contributed by atoms with Gasteiger partial charge < -0.3 is 16.0 Å². The van der Waals surface area contributed by atoms with E-state index in [0.717, 1.165) is 6.54 Å². The maximum Gasteiger partial charge on any atom is 0.151 e. The number of nitrogens with zero attached hydrogens (tertiary/aromatic N) is 2. The number of anilines is 2. The summed E-state index contributed by atoms with van der Waals surface area (Å²) in [7, 11) is 4.28. The minimum Gasteiger partial charge on any atom is -0.396 e. The maximum atomic E-state index is 5.90. The molecule has 0 radical (unpaired) electrons. The first-order chi connectivity index (χ1) is 8.53. The Morgan fingerprint density at radius 1 is 1.39 bits per heavy atom. The Kier molecular flexibility index (Phi) is 3.97. The average Bonchev–Trinajstić information content (AvgIpc) is 2.80. The van der Waals surface area contributed by atoms with E-state index in [4.69, 9.17) is 17.3 Å². The lowest BCUT2D eigenvalue weighted by Crippen LogP contribution is -2.47. The van der Waals surface area contributed by atoms with Crippen LogP contribution in [0.15, 0.2) is 12.1 Å². The van der Waals surface area contributed by atoms with Gasteiger partial charge in [0, 0.05) is 12.1 Å². The molecule has 1 aliphatic rings. The Bertz CT molecular complexity index is 413. The molecule has 3 N–H and O–H groups in total. The van der Waals surface area contributed by atoms with Crippen molar-refractivity contribution < 1.29 is 0 Å². The summed E-state index contributed by atoms with van der Waals surface area (Å²) in [5.41, 5.74) is 6.76. The molecule has 100 valence electrons. The van der Waals surface area contributed by atoms with E-state index in [1.807, 2.05) is 0 Å². The molecule has 2 rings (SSSR count). The summed E-state index contributed by atoms with van der Waals surface area (Å²) in [6.45, 7) is 0.859. The van der Waals surface area contributed by atoms with E-state index in [0.29, 0.717) is 16.7 Å². The number of likely N-dealkylation sites (N-methyl/N-ethyl adjacent to an activating group) is 1. The van der Waals surface area contributed by atoms with Gasteiger partial charge in [-0.05, 0) is 39.1 Å². The highest BCUT2D eigenvalue weighted by atomic mass is 35.5. The Morgan fingerprint density at radius 2 is 2.06 bits per heavy atom. The lowest BCUT2D eigenvalue weighted by Gasteiger charge is -2.36. The van der Waals surface area contributed by atoms with Crippen LogP contribution in [0, 0.1) is 0 Å². The predicted molar refractivity (Wildman–Crippen MR) is 77.0 cm³/mol.